The zero-order chi connectivity index (χ0) is 30.0. The van der Waals surface area contributed by atoms with Gasteiger partial charge >= 0.3 is 0 Å². The van der Waals surface area contributed by atoms with Crippen molar-refractivity contribution < 1.29 is 23.8 Å². The molecule has 0 aromatic heterocycles. The minimum absolute atomic E-state index is 0.0134. The summed E-state index contributed by atoms with van der Waals surface area (Å²) < 4.78 is 21.0. The number of aliphatic hydroxyl groups is 1. The van der Waals surface area contributed by atoms with E-state index in [0.717, 1.165) is 57.2 Å². The van der Waals surface area contributed by atoms with Crippen molar-refractivity contribution in [2.75, 3.05) is 13.1 Å². The Labute approximate surface area is 247 Å². The maximum atomic E-state index is 15.2. The van der Waals surface area contributed by atoms with Crippen LogP contribution in [-0.4, -0.2) is 70.0 Å². The first-order valence-electron chi connectivity index (χ1n) is 15.1. The monoisotopic (exact) mass is 576 g/mol. The Bertz CT molecular complexity index is 1330. The molecule has 8 nitrogen and oxygen atoms in total. The van der Waals surface area contributed by atoms with E-state index in [1.165, 1.54) is 6.07 Å². The molecule has 42 heavy (non-hydrogen) atoms. The number of piperidine rings is 2. The molecule has 2 heterocycles. The van der Waals surface area contributed by atoms with Crippen LogP contribution in [0.4, 0.5) is 4.39 Å². The number of halogens is 1. The molecule has 2 aliphatic heterocycles. The lowest BCUT2D eigenvalue weighted by atomic mass is 9.96. The molecule has 5 rings (SSSR count). The summed E-state index contributed by atoms with van der Waals surface area (Å²) >= 11 is 0. The molecule has 1 unspecified atom stereocenters. The first kappa shape index (κ1) is 30.1. The fourth-order valence-corrected chi connectivity index (χ4v) is 6.65. The summed E-state index contributed by atoms with van der Waals surface area (Å²) in [6.07, 6.45) is 4.56. The molecule has 2 N–H and O–H groups in total. The van der Waals surface area contributed by atoms with Crippen molar-refractivity contribution >= 4 is 11.8 Å². The van der Waals surface area contributed by atoms with E-state index in [0.29, 0.717) is 16.7 Å². The molecular weight excluding hydrogens is 535 g/mol. The number of likely N-dealkylation sites (tertiary alicyclic amines) is 2. The number of carbonyl (C=O) groups excluding carboxylic acids is 2. The number of hydrogen-bond acceptors (Lipinski definition) is 6. The number of fused-ring (bicyclic) bond motifs is 2. The van der Waals surface area contributed by atoms with Gasteiger partial charge in [-0.1, -0.05) is 24.3 Å². The van der Waals surface area contributed by atoms with Gasteiger partial charge in [-0.25, -0.2) is 9.29 Å². The lowest BCUT2D eigenvalue weighted by molar-refractivity contribution is -0.254. The summed E-state index contributed by atoms with van der Waals surface area (Å²) in [7, 11) is 0. The number of hydrogen-bond donors (Lipinski definition) is 2. The third-order valence-electron chi connectivity index (χ3n) is 8.68. The zero-order valence-electron chi connectivity index (χ0n) is 24.7. The minimum atomic E-state index is -1.22. The first-order valence-corrected chi connectivity index (χ1v) is 15.1. The number of benzene rings is 2. The summed E-state index contributed by atoms with van der Waals surface area (Å²) in [6, 6.07) is 12.7. The lowest BCUT2D eigenvalue weighted by Gasteiger charge is -2.39. The Hall–Kier alpha value is -3.32. The SMILES string of the molecule is CC(C)(C)OC(O)N1[C@@H]2CC[C@@H](C2)[C@H]1C(=O)N[C@H](C#N)Cc1ccc(-c2ccc(C(=O)N3CCCCC3)cc2)cc1F. The molecule has 3 fully saturated rings. The number of carbonyl (C=O) groups is 2. The number of ether oxygens (including phenoxy) is 1. The van der Waals surface area contributed by atoms with Crippen LogP contribution in [0.1, 0.15) is 75.2 Å². The summed E-state index contributed by atoms with van der Waals surface area (Å²) in [5.41, 5.74) is 1.80. The van der Waals surface area contributed by atoms with Gasteiger partial charge < -0.3 is 20.1 Å². The van der Waals surface area contributed by atoms with Gasteiger partial charge in [-0.2, -0.15) is 5.26 Å². The predicted octanol–water partition coefficient (Wildman–Crippen LogP) is 4.61. The topological polar surface area (TPSA) is 106 Å². The van der Waals surface area contributed by atoms with Crippen LogP contribution < -0.4 is 5.32 Å². The summed E-state index contributed by atoms with van der Waals surface area (Å²) in [4.78, 5) is 29.8. The fourth-order valence-electron chi connectivity index (χ4n) is 6.65. The van der Waals surface area contributed by atoms with Crippen LogP contribution in [0.3, 0.4) is 0 Å². The fraction of sp³-hybridized carbons (Fsp3) is 0.545. The Morgan fingerprint density at radius 3 is 2.43 bits per heavy atom. The van der Waals surface area contributed by atoms with Gasteiger partial charge in [0, 0.05) is 31.1 Å². The molecule has 2 aromatic carbocycles. The molecular formula is C33H41FN4O4. The average molecular weight is 577 g/mol. The predicted molar refractivity (Wildman–Crippen MR) is 156 cm³/mol. The molecule has 1 saturated carbocycles. The highest BCUT2D eigenvalue weighted by atomic mass is 19.1. The summed E-state index contributed by atoms with van der Waals surface area (Å²) in [6.45, 7) is 7.10. The van der Waals surface area contributed by atoms with Gasteiger partial charge in [0.2, 0.25) is 12.3 Å². The quantitative estimate of drug-likeness (QED) is 0.445. The van der Waals surface area contributed by atoms with Crippen molar-refractivity contribution in [2.24, 2.45) is 5.92 Å². The number of rotatable bonds is 8. The van der Waals surface area contributed by atoms with Crippen LogP contribution in [0.2, 0.25) is 0 Å². The highest BCUT2D eigenvalue weighted by Crippen LogP contribution is 2.44. The molecule has 2 saturated heterocycles. The van der Waals surface area contributed by atoms with E-state index in [-0.39, 0.29) is 30.2 Å². The first-order chi connectivity index (χ1) is 20.0. The van der Waals surface area contributed by atoms with E-state index in [2.05, 4.69) is 11.4 Å². The number of nitrogens with one attached hydrogen (secondary N) is 1. The number of aliphatic hydroxyl groups excluding tert-OH is 1. The van der Waals surface area contributed by atoms with Crippen LogP contribution in [0.5, 0.6) is 0 Å². The molecule has 0 radical (unpaired) electrons. The third kappa shape index (κ3) is 6.67. The van der Waals surface area contributed by atoms with E-state index in [4.69, 9.17) is 4.74 Å². The van der Waals surface area contributed by atoms with E-state index in [1.54, 1.807) is 29.2 Å². The van der Waals surface area contributed by atoms with Crippen molar-refractivity contribution in [3.05, 3.63) is 59.4 Å². The van der Waals surface area contributed by atoms with Gasteiger partial charge in [0.15, 0.2) is 0 Å². The molecule has 224 valence electrons. The van der Waals surface area contributed by atoms with Gasteiger partial charge in [0.05, 0.1) is 17.7 Å². The highest BCUT2D eigenvalue weighted by Gasteiger charge is 2.52. The Balaban J connectivity index is 1.23. The normalized spacial score (nSPS) is 23.8. The van der Waals surface area contributed by atoms with E-state index in [1.807, 2.05) is 37.8 Å². The molecule has 5 atom stereocenters. The van der Waals surface area contributed by atoms with Crippen LogP contribution in [-0.2, 0) is 16.0 Å². The largest absolute Gasteiger partial charge is 0.356 e. The van der Waals surface area contributed by atoms with Crippen molar-refractivity contribution in [1.29, 1.82) is 5.26 Å². The van der Waals surface area contributed by atoms with Crippen LogP contribution in [0, 0.1) is 23.1 Å². The average Bonchev–Trinajstić information content (AvgIpc) is 3.59. The Morgan fingerprint density at radius 2 is 1.79 bits per heavy atom. The zero-order valence-corrected chi connectivity index (χ0v) is 24.7. The number of amides is 2. The van der Waals surface area contributed by atoms with Gasteiger partial charge in [-0.15, -0.1) is 0 Å². The number of nitriles is 1. The maximum Gasteiger partial charge on any atom is 0.253 e. The van der Waals surface area contributed by atoms with E-state index >= 15 is 4.39 Å². The minimum Gasteiger partial charge on any atom is -0.356 e. The van der Waals surface area contributed by atoms with Crippen molar-refractivity contribution in [3.8, 4) is 17.2 Å². The molecule has 2 aromatic rings. The second kappa shape index (κ2) is 12.5. The molecule has 0 spiro atoms. The lowest BCUT2D eigenvalue weighted by Crippen LogP contribution is -2.57. The Kier molecular flexibility index (Phi) is 8.97. The highest BCUT2D eigenvalue weighted by molar-refractivity contribution is 5.94. The van der Waals surface area contributed by atoms with Crippen LogP contribution in [0.15, 0.2) is 42.5 Å². The smallest absolute Gasteiger partial charge is 0.253 e. The van der Waals surface area contributed by atoms with Crippen LogP contribution in [0.25, 0.3) is 11.1 Å². The van der Waals surface area contributed by atoms with Gasteiger partial charge in [0.1, 0.15) is 11.9 Å². The second-order valence-corrected chi connectivity index (χ2v) is 12.8. The molecule has 3 aliphatic rings. The standard InChI is InChI=1S/C33H41FN4O4/c1-33(2,3)42-32(41)38-27-14-13-25(18-27)29(38)30(39)36-26(20-35)17-24-12-11-23(19-28(24)34)21-7-9-22(10-8-21)31(40)37-15-5-4-6-16-37/h7-12,19,25-27,29,32,41H,4-6,13-18H2,1-3H3,(H,36,39)/t25-,26-,27+,29-,32?/m0/s1. The molecule has 2 amide bonds. The van der Waals surface area contributed by atoms with Crippen molar-refractivity contribution in [2.45, 2.75) is 95.9 Å². The molecule has 1 aliphatic carbocycles. The second-order valence-electron chi connectivity index (χ2n) is 12.8. The third-order valence-corrected chi connectivity index (χ3v) is 8.68. The van der Waals surface area contributed by atoms with E-state index < -0.39 is 29.9 Å². The molecule has 2 bridgehead atoms. The molecule has 9 heteroatoms. The number of nitrogens with zero attached hydrogens (tertiary/aromatic N) is 3. The van der Waals surface area contributed by atoms with E-state index in [9.17, 15) is 20.0 Å². The maximum absolute atomic E-state index is 15.2. The Morgan fingerprint density at radius 1 is 1.10 bits per heavy atom. The van der Waals surface area contributed by atoms with Gasteiger partial charge in [0.25, 0.3) is 5.91 Å². The van der Waals surface area contributed by atoms with Gasteiger partial charge in [-0.3, -0.25) is 9.59 Å². The van der Waals surface area contributed by atoms with Crippen LogP contribution >= 0.6 is 0 Å². The van der Waals surface area contributed by atoms with Crippen molar-refractivity contribution in [3.63, 3.8) is 0 Å². The summed E-state index contributed by atoms with van der Waals surface area (Å²) in [5, 5.41) is 23.4. The van der Waals surface area contributed by atoms with Crippen molar-refractivity contribution in [1.82, 2.24) is 15.1 Å². The summed E-state index contributed by atoms with van der Waals surface area (Å²) in [5.74, 6) is -0.713. The van der Waals surface area contributed by atoms with Gasteiger partial charge in [-0.05, 0) is 100 Å².